The number of aromatic nitrogens is 3. The van der Waals surface area contributed by atoms with Gasteiger partial charge in [0.2, 0.25) is 11.0 Å². The monoisotopic (exact) mass is 372 g/mol. The number of ether oxygens (including phenoxy) is 1. The van der Waals surface area contributed by atoms with Gasteiger partial charge in [0, 0.05) is 18.5 Å². The topological polar surface area (TPSA) is 106 Å². The number of anilines is 2. The SMILES string of the molecule is Nc1nnc(SCC(=O)NCc2csc(N3CCOCC3)n2)s1. The first kappa shape index (κ1) is 16.4. The Balaban J connectivity index is 1.42. The normalized spacial score (nSPS) is 14.9. The number of amides is 1. The summed E-state index contributed by atoms with van der Waals surface area (Å²) in [5, 5.41) is 13.8. The quantitative estimate of drug-likeness (QED) is 0.718. The van der Waals surface area contributed by atoms with E-state index in [1.165, 1.54) is 23.1 Å². The van der Waals surface area contributed by atoms with Crippen LogP contribution in [-0.4, -0.2) is 53.1 Å². The van der Waals surface area contributed by atoms with E-state index in [0.717, 1.165) is 37.1 Å². The van der Waals surface area contributed by atoms with Crippen molar-refractivity contribution in [3.8, 4) is 0 Å². The van der Waals surface area contributed by atoms with Crippen molar-refractivity contribution in [2.24, 2.45) is 0 Å². The Morgan fingerprint density at radius 3 is 3.00 bits per heavy atom. The minimum absolute atomic E-state index is 0.0651. The minimum atomic E-state index is -0.0651. The van der Waals surface area contributed by atoms with Gasteiger partial charge in [-0.2, -0.15) is 0 Å². The lowest BCUT2D eigenvalue weighted by atomic mass is 10.4. The summed E-state index contributed by atoms with van der Waals surface area (Å²) < 4.78 is 6.03. The van der Waals surface area contributed by atoms with Gasteiger partial charge in [-0.15, -0.1) is 21.5 Å². The van der Waals surface area contributed by atoms with E-state index >= 15 is 0 Å². The maximum absolute atomic E-state index is 11.8. The molecule has 0 unspecified atom stereocenters. The summed E-state index contributed by atoms with van der Waals surface area (Å²) in [6, 6.07) is 0. The number of nitrogens with two attached hydrogens (primary N) is 1. The van der Waals surface area contributed by atoms with E-state index in [4.69, 9.17) is 10.5 Å². The van der Waals surface area contributed by atoms with Gasteiger partial charge in [-0.05, 0) is 0 Å². The molecule has 2 aromatic heterocycles. The van der Waals surface area contributed by atoms with Gasteiger partial charge in [-0.25, -0.2) is 4.98 Å². The number of nitrogen functional groups attached to an aromatic ring is 1. The third-order valence-electron chi connectivity index (χ3n) is 3.04. The van der Waals surface area contributed by atoms with E-state index in [1.807, 2.05) is 5.38 Å². The molecule has 124 valence electrons. The number of carbonyl (C=O) groups is 1. The molecule has 1 fully saturated rings. The summed E-state index contributed by atoms with van der Waals surface area (Å²) in [5.74, 6) is 0.222. The Hall–Kier alpha value is -1.43. The highest BCUT2D eigenvalue weighted by molar-refractivity contribution is 8.01. The highest BCUT2D eigenvalue weighted by Crippen LogP contribution is 2.23. The van der Waals surface area contributed by atoms with Crippen LogP contribution in [0.5, 0.6) is 0 Å². The Morgan fingerprint density at radius 2 is 2.26 bits per heavy atom. The van der Waals surface area contributed by atoms with Crippen LogP contribution in [0.2, 0.25) is 0 Å². The summed E-state index contributed by atoms with van der Waals surface area (Å²) >= 11 is 4.19. The Labute approximate surface area is 145 Å². The number of thioether (sulfide) groups is 1. The number of rotatable bonds is 6. The molecule has 11 heteroatoms. The molecule has 3 rings (SSSR count). The molecule has 0 spiro atoms. The van der Waals surface area contributed by atoms with Gasteiger partial charge in [0.25, 0.3) is 0 Å². The number of hydrogen-bond donors (Lipinski definition) is 2. The molecule has 0 aliphatic carbocycles. The first-order valence-electron chi connectivity index (χ1n) is 6.96. The van der Waals surface area contributed by atoms with Crippen molar-refractivity contribution in [3.05, 3.63) is 11.1 Å². The minimum Gasteiger partial charge on any atom is -0.378 e. The lowest BCUT2D eigenvalue weighted by molar-refractivity contribution is -0.118. The molecule has 0 saturated carbocycles. The summed E-state index contributed by atoms with van der Waals surface area (Å²) in [4.78, 5) is 18.6. The van der Waals surface area contributed by atoms with Crippen molar-refractivity contribution >= 4 is 50.6 Å². The lowest BCUT2D eigenvalue weighted by Crippen LogP contribution is -2.36. The highest BCUT2D eigenvalue weighted by Gasteiger charge is 2.15. The molecule has 1 amide bonds. The fourth-order valence-electron chi connectivity index (χ4n) is 1.92. The van der Waals surface area contributed by atoms with Gasteiger partial charge in [0.1, 0.15) is 0 Å². The van der Waals surface area contributed by atoms with Crippen LogP contribution in [0.15, 0.2) is 9.72 Å². The summed E-state index contributed by atoms with van der Waals surface area (Å²) in [6.45, 7) is 3.62. The molecule has 0 aromatic carbocycles. The van der Waals surface area contributed by atoms with Crippen molar-refractivity contribution in [1.29, 1.82) is 0 Å². The lowest BCUT2D eigenvalue weighted by Gasteiger charge is -2.26. The second kappa shape index (κ2) is 7.90. The second-order valence-corrected chi connectivity index (χ2v) is 7.76. The number of hydrogen-bond acceptors (Lipinski definition) is 10. The molecule has 23 heavy (non-hydrogen) atoms. The number of nitrogens with zero attached hydrogens (tertiary/aromatic N) is 4. The number of thiazole rings is 1. The van der Waals surface area contributed by atoms with Gasteiger partial charge in [0.15, 0.2) is 9.47 Å². The third kappa shape index (κ3) is 4.77. The van der Waals surface area contributed by atoms with Crippen molar-refractivity contribution in [1.82, 2.24) is 20.5 Å². The number of morpholine rings is 1. The van der Waals surface area contributed by atoms with Crippen molar-refractivity contribution in [2.45, 2.75) is 10.9 Å². The molecular formula is C12H16N6O2S3. The fraction of sp³-hybridized carbons (Fsp3) is 0.500. The molecule has 3 N–H and O–H groups in total. The predicted molar refractivity (Wildman–Crippen MR) is 92.0 cm³/mol. The van der Waals surface area contributed by atoms with Crippen molar-refractivity contribution < 1.29 is 9.53 Å². The average Bonchev–Trinajstić information content (AvgIpc) is 3.21. The molecule has 0 atom stereocenters. The third-order valence-corrected chi connectivity index (χ3v) is 5.87. The van der Waals surface area contributed by atoms with E-state index in [2.05, 4.69) is 25.4 Å². The molecule has 1 aliphatic heterocycles. The van der Waals surface area contributed by atoms with E-state index in [9.17, 15) is 4.79 Å². The summed E-state index contributed by atoms with van der Waals surface area (Å²) in [6.07, 6.45) is 0. The first-order valence-corrected chi connectivity index (χ1v) is 9.64. The van der Waals surface area contributed by atoms with Crippen LogP contribution in [0.3, 0.4) is 0 Å². The number of carbonyl (C=O) groups excluding carboxylic acids is 1. The van der Waals surface area contributed by atoms with Gasteiger partial charge in [-0.1, -0.05) is 23.1 Å². The summed E-state index contributed by atoms with van der Waals surface area (Å²) in [5.41, 5.74) is 6.37. The molecule has 1 aliphatic rings. The van der Waals surface area contributed by atoms with E-state index in [0.29, 0.717) is 16.0 Å². The predicted octanol–water partition coefficient (Wildman–Crippen LogP) is 0.822. The van der Waals surface area contributed by atoms with Gasteiger partial charge in [0.05, 0.1) is 31.2 Å². The first-order chi connectivity index (χ1) is 11.2. The zero-order chi connectivity index (χ0) is 16.1. The molecule has 0 radical (unpaired) electrons. The molecule has 3 heterocycles. The largest absolute Gasteiger partial charge is 0.378 e. The number of nitrogens with one attached hydrogen (secondary N) is 1. The molecular weight excluding hydrogens is 356 g/mol. The maximum Gasteiger partial charge on any atom is 0.230 e. The van der Waals surface area contributed by atoms with Crippen LogP contribution >= 0.6 is 34.4 Å². The van der Waals surface area contributed by atoms with Crippen LogP contribution < -0.4 is 16.0 Å². The zero-order valence-corrected chi connectivity index (χ0v) is 14.7. The average molecular weight is 373 g/mol. The Morgan fingerprint density at radius 1 is 1.43 bits per heavy atom. The Bertz CT molecular complexity index is 655. The van der Waals surface area contributed by atoms with Crippen molar-refractivity contribution in [2.75, 3.05) is 42.7 Å². The fourth-order valence-corrected chi connectivity index (χ4v) is 4.27. The molecule has 2 aromatic rings. The van der Waals surface area contributed by atoms with E-state index < -0.39 is 0 Å². The second-order valence-electron chi connectivity index (χ2n) is 4.69. The summed E-state index contributed by atoms with van der Waals surface area (Å²) in [7, 11) is 0. The van der Waals surface area contributed by atoms with E-state index in [1.54, 1.807) is 11.3 Å². The van der Waals surface area contributed by atoms with Crippen LogP contribution in [0.25, 0.3) is 0 Å². The zero-order valence-electron chi connectivity index (χ0n) is 12.2. The molecule has 1 saturated heterocycles. The molecule has 8 nitrogen and oxygen atoms in total. The maximum atomic E-state index is 11.8. The molecule has 0 bridgehead atoms. The Kier molecular flexibility index (Phi) is 5.65. The van der Waals surface area contributed by atoms with Crippen LogP contribution in [0.4, 0.5) is 10.3 Å². The smallest absolute Gasteiger partial charge is 0.230 e. The standard InChI is InChI=1S/C12H16N6O2S3/c13-10-16-17-12(23-10)22-7-9(19)14-5-8-6-21-11(15-8)18-1-3-20-4-2-18/h6H,1-5,7H2,(H2,13,16)(H,14,19). The highest BCUT2D eigenvalue weighted by atomic mass is 32.2. The van der Waals surface area contributed by atoms with Crippen LogP contribution in [-0.2, 0) is 16.1 Å². The van der Waals surface area contributed by atoms with Crippen molar-refractivity contribution in [3.63, 3.8) is 0 Å². The van der Waals surface area contributed by atoms with Gasteiger partial charge < -0.3 is 20.7 Å². The van der Waals surface area contributed by atoms with Gasteiger partial charge in [-0.3, -0.25) is 4.79 Å². The van der Waals surface area contributed by atoms with Crippen LogP contribution in [0.1, 0.15) is 5.69 Å². The van der Waals surface area contributed by atoms with Gasteiger partial charge >= 0.3 is 0 Å². The van der Waals surface area contributed by atoms with E-state index in [-0.39, 0.29) is 11.7 Å². The van der Waals surface area contributed by atoms with Crippen LogP contribution in [0, 0.1) is 0 Å².